The Bertz CT molecular complexity index is 659. The van der Waals surface area contributed by atoms with Crippen molar-refractivity contribution in [3.05, 3.63) is 71.8 Å². The summed E-state index contributed by atoms with van der Waals surface area (Å²) >= 11 is 0. The highest BCUT2D eigenvalue weighted by molar-refractivity contribution is 6.10. The van der Waals surface area contributed by atoms with E-state index in [4.69, 9.17) is 4.99 Å². The van der Waals surface area contributed by atoms with E-state index in [0.29, 0.717) is 0 Å². The largest absolute Gasteiger partial charge is 0.329 e. The summed E-state index contributed by atoms with van der Waals surface area (Å²) in [5, 5.41) is 3.26. The minimum atomic E-state index is -0.568. The van der Waals surface area contributed by atoms with E-state index in [1.54, 1.807) is 0 Å². The van der Waals surface area contributed by atoms with Crippen molar-refractivity contribution in [3.8, 4) is 0 Å². The average molecular weight is 263 g/mol. The SMILES string of the molecule is CC1=NC(C)(c2ccccc2)N=C(c2ccccc2)N1. The van der Waals surface area contributed by atoms with Gasteiger partial charge in [-0.15, -0.1) is 0 Å². The molecule has 3 nitrogen and oxygen atoms in total. The number of aliphatic imine (C=N–C) groups is 2. The van der Waals surface area contributed by atoms with E-state index in [2.05, 4.69) is 34.6 Å². The fraction of sp³-hybridized carbons (Fsp3) is 0.176. The molecule has 0 saturated heterocycles. The standard InChI is InChI=1S/C17H17N3/c1-13-18-16(14-9-5-3-6-10-14)20-17(2,19-13)15-11-7-4-8-12-15/h3-12H,1-2H3,(H,18,19,20). The van der Waals surface area contributed by atoms with Crippen LogP contribution in [0.2, 0.25) is 0 Å². The Kier molecular flexibility index (Phi) is 3.11. The molecule has 0 amide bonds. The number of nitrogens with one attached hydrogen (secondary N) is 1. The quantitative estimate of drug-likeness (QED) is 0.886. The van der Waals surface area contributed by atoms with Gasteiger partial charge in [-0.1, -0.05) is 60.7 Å². The van der Waals surface area contributed by atoms with Crippen LogP contribution < -0.4 is 5.32 Å². The topological polar surface area (TPSA) is 36.8 Å². The third kappa shape index (κ3) is 2.35. The maximum Gasteiger partial charge on any atom is 0.177 e. The van der Waals surface area contributed by atoms with E-state index in [0.717, 1.165) is 22.8 Å². The van der Waals surface area contributed by atoms with Gasteiger partial charge in [0.25, 0.3) is 0 Å². The molecule has 2 aromatic rings. The maximum atomic E-state index is 4.82. The second kappa shape index (κ2) is 4.93. The van der Waals surface area contributed by atoms with Crippen LogP contribution in [0.25, 0.3) is 0 Å². The number of rotatable bonds is 2. The molecule has 0 radical (unpaired) electrons. The molecule has 0 spiro atoms. The van der Waals surface area contributed by atoms with Crippen molar-refractivity contribution in [2.75, 3.05) is 0 Å². The Labute approximate surface area is 119 Å². The predicted octanol–water partition coefficient (Wildman–Crippen LogP) is 3.33. The minimum absolute atomic E-state index is 0.568. The van der Waals surface area contributed by atoms with Gasteiger partial charge in [0.05, 0.1) is 0 Å². The number of amidine groups is 2. The van der Waals surface area contributed by atoms with Gasteiger partial charge in [0.15, 0.2) is 5.66 Å². The van der Waals surface area contributed by atoms with Crippen LogP contribution in [0, 0.1) is 0 Å². The lowest BCUT2D eigenvalue weighted by Gasteiger charge is -2.28. The Morgan fingerprint density at radius 2 is 1.45 bits per heavy atom. The van der Waals surface area contributed by atoms with Crippen molar-refractivity contribution in [1.29, 1.82) is 0 Å². The molecule has 1 heterocycles. The van der Waals surface area contributed by atoms with Gasteiger partial charge in [-0.2, -0.15) is 0 Å². The molecule has 1 N–H and O–H groups in total. The minimum Gasteiger partial charge on any atom is -0.329 e. The molecule has 1 aliphatic rings. The molecule has 1 unspecified atom stereocenters. The van der Waals surface area contributed by atoms with E-state index in [1.807, 2.05) is 50.2 Å². The number of hydrogen-bond donors (Lipinski definition) is 1. The maximum absolute atomic E-state index is 4.82. The highest BCUT2D eigenvalue weighted by Crippen LogP contribution is 2.29. The molecule has 1 aliphatic heterocycles. The summed E-state index contributed by atoms with van der Waals surface area (Å²) in [6, 6.07) is 20.3. The van der Waals surface area contributed by atoms with Crippen LogP contribution in [-0.2, 0) is 5.66 Å². The van der Waals surface area contributed by atoms with Gasteiger partial charge in [0, 0.05) is 11.1 Å². The van der Waals surface area contributed by atoms with E-state index < -0.39 is 5.66 Å². The van der Waals surface area contributed by atoms with Gasteiger partial charge in [0.2, 0.25) is 0 Å². The number of nitrogens with zero attached hydrogens (tertiary/aromatic N) is 2. The molecular formula is C17H17N3. The third-order valence-electron chi connectivity index (χ3n) is 3.38. The molecule has 0 fully saturated rings. The zero-order chi connectivity index (χ0) is 14.0. The molecule has 0 aromatic heterocycles. The van der Waals surface area contributed by atoms with Crippen LogP contribution in [0.3, 0.4) is 0 Å². The van der Waals surface area contributed by atoms with E-state index in [9.17, 15) is 0 Å². The Morgan fingerprint density at radius 3 is 2.10 bits per heavy atom. The summed E-state index contributed by atoms with van der Waals surface area (Å²) in [5.41, 5.74) is 1.60. The first kappa shape index (κ1) is 12.6. The van der Waals surface area contributed by atoms with Crippen molar-refractivity contribution < 1.29 is 0 Å². The summed E-state index contributed by atoms with van der Waals surface area (Å²) in [7, 11) is 0. The van der Waals surface area contributed by atoms with Crippen LogP contribution in [-0.4, -0.2) is 11.7 Å². The van der Waals surface area contributed by atoms with E-state index in [-0.39, 0.29) is 0 Å². The van der Waals surface area contributed by atoms with Gasteiger partial charge < -0.3 is 5.32 Å². The summed E-state index contributed by atoms with van der Waals surface area (Å²) in [6.45, 7) is 4.01. The monoisotopic (exact) mass is 263 g/mol. The predicted molar refractivity (Wildman–Crippen MR) is 83.0 cm³/mol. The first-order valence-corrected chi connectivity index (χ1v) is 6.72. The molecular weight excluding hydrogens is 246 g/mol. The lowest BCUT2D eigenvalue weighted by Crippen LogP contribution is -2.38. The highest BCUT2D eigenvalue weighted by atomic mass is 15.2. The number of hydrogen-bond acceptors (Lipinski definition) is 3. The molecule has 100 valence electrons. The Balaban J connectivity index is 2.07. The first-order valence-electron chi connectivity index (χ1n) is 6.72. The molecule has 20 heavy (non-hydrogen) atoms. The van der Waals surface area contributed by atoms with E-state index >= 15 is 0 Å². The summed E-state index contributed by atoms with van der Waals surface area (Å²) < 4.78 is 0. The molecule has 0 aliphatic carbocycles. The van der Waals surface area contributed by atoms with Crippen LogP contribution in [0.1, 0.15) is 25.0 Å². The average Bonchev–Trinajstić information content (AvgIpc) is 2.48. The molecule has 3 rings (SSSR count). The van der Waals surface area contributed by atoms with Crippen molar-refractivity contribution >= 4 is 11.7 Å². The van der Waals surface area contributed by atoms with Crippen LogP contribution >= 0.6 is 0 Å². The van der Waals surface area contributed by atoms with Crippen LogP contribution in [0.15, 0.2) is 70.6 Å². The van der Waals surface area contributed by atoms with Crippen molar-refractivity contribution in [2.24, 2.45) is 9.98 Å². The first-order chi connectivity index (χ1) is 9.67. The molecule has 1 atom stereocenters. The van der Waals surface area contributed by atoms with Gasteiger partial charge in [-0.3, -0.25) is 0 Å². The fourth-order valence-corrected chi connectivity index (χ4v) is 2.41. The molecule has 0 saturated carbocycles. The zero-order valence-corrected chi connectivity index (χ0v) is 11.7. The van der Waals surface area contributed by atoms with Crippen molar-refractivity contribution in [2.45, 2.75) is 19.5 Å². The summed E-state index contributed by atoms with van der Waals surface area (Å²) in [5.74, 6) is 1.75. The van der Waals surface area contributed by atoms with Gasteiger partial charge >= 0.3 is 0 Å². The Hall–Kier alpha value is -2.42. The van der Waals surface area contributed by atoms with Crippen molar-refractivity contribution in [1.82, 2.24) is 5.32 Å². The molecule has 3 heteroatoms. The summed E-state index contributed by atoms with van der Waals surface area (Å²) in [4.78, 5) is 9.50. The summed E-state index contributed by atoms with van der Waals surface area (Å²) in [6.07, 6.45) is 0. The van der Waals surface area contributed by atoms with Gasteiger partial charge in [0.1, 0.15) is 11.7 Å². The lowest BCUT2D eigenvalue weighted by atomic mass is 10.0. The molecule has 0 bridgehead atoms. The van der Waals surface area contributed by atoms with Crippen LogP contribution in [0.5, 0.6) is 0 Å². The second-order valence-electron chi connectivity index (χ2n) is 5.04. The molecule has 2 aromatic carbocycles. The normalized spacial score (nSPS) is 21.7. The lowest BCUT2D eigenvalue weighted by molar-refractivity contribution is 0.517. The smallest absolute Gasteiger partial charge is 0.177 e. The van der Waals surface area contributed by atoms with Crippen LogP contribution in [0.4, 0.5) is 0 Å². The number of benzene rings is 2. The highest BCUT2D eigenvalue weighted by Gasteiger charge is 2.29. The van der Waals surface area contributed by atoms with E-state index in [1.165, 1.54) is 0 Å². The van der Waals surface area contributed by atoms with Gasteiger partial charge in [-0.05, 0) is 13.8 Å². The second-order valence-corrected chi connectivity index (χ2v) is 5.04. The van der Waals surface area contributed by atoms with Crippen molar-refractivity contribution in [3.63, 3.8) is 0 Å². The third-order valence-corrected chi connectivity index (χ3v) is 3.38. The fourth-order valence-electron chi connectivity index (χ4n) is 2.41. The zero-order valence-electron chi connectivity index (χ0n) is 11.7. The van der Waals surface area contributed by atoms with Gasteiger partial charge in [-0.25, -0.2) is 9.98 Å². The Morgan fingerprint density at radius 1 is 0.850 bits per heavy atom.